The summed E-state index contributed by atoms with van der Waals surface area (Å²) in [6.45, 7) is 5.22. The molecule has 0 radical (unpaired) electrons. The number of hydrogen-bond donors (Lipinski definition) is 2. The lowest BCUT2D eigenvalue weighted by molar-refractivity contribution is -0.130. The summed E-state index contributed by atoms with van der Waals surface area (Å²) in [7, 11) is 0. The zero-order chi connectivity index (χ0) is 17.7. The van der Waals surface area contributed by atoms with Crippen molar-refractivity contribution in [3.8, 4) is 18.1 Å². The topological polar surface area (TPSA) is 71.5 Å². The molecule has 1 atom stereocenters. The minimum Gasteiger partial charge on any atom is -0.481 e. The maximum atomic E-state index is 12.3. The highest BCUT2D eigenvalue weighted by Gasteiger charge is 2.25. The Hall–Kier alpha value is -2.58. The van der Waals surface area contributed by atoms with E-state index in [1.54, 1.807) is 26.1 Å². The molecule has 0 aliphatic carbocycles. The van der Waals surface area contributed by atoms with E-state index in [-0.39, 0.29) is 12.5 Å². The minimum atomic E-state index is -0.692. The number of nitrogens with one attached hydrogen (secondary N) is 1. The molecular weight excluding hydrogens is 304 g/mol. The maximum Gasteiger partial charge on any atom is 0.261 e. The van der Waals surface area contributed by atoms with E-state index < -0.39 is 11.6 Å². The molecule has 0 fully saturated rings. The Morgan fingerprint density at radius 2 is 2.21 bits per heavy atom. The van der Waals surface area contributed by atoms with E-state index in [0.29, 0.717) is 17.7 Å². The Balaban J connectivity index is 2.20. The molecule has 0 saturated heterocycles. The van der Waals surface area contributed by atoms with Crippen LogP contribution in [0.1, 0.15) is 32.8 Å². The predicted octanol–water partition coefficient (Wildman–Crippen LogP) is 2.26. The van der Waals surface area contributed by atoms with Gasteiger partial charge in [0.25, 0.3) is 5.91 Å². The molecule has 1 unspecified atom stereocenters. The molecule has 0 spiro atoms. The first-order valence-corrected chi connectivity index (χ1v) is 7.84. The van der Waals surface area contributed by atoms with Crippen LogP contribution in [0.3, 0.4) is 0 Å². The van der Waals surface area contributed by atoms with E-state index in [0.717, 1.165) is 10.9 Å². The van der Waals surface area contributed by atoms with E-state index >= 15 is 0 Å². The van der Waals surface area contributed by atoms with Gasteiger partial charge in [0.05, 0.1) is 17.7 Å². The normalized spacial score (nSPS) is 12.5. The first-order valence-electron chi connectivity index (χ1n) is 7.84. The number of fused-ring (bicyclic) bond motifs is 1. The van der Waals surface area contributed by atoms with Gasteiger partial charge in [0.15, 0.2) is 6.10 Å². The molecule has 1 heterocycles. The van der Waals surface area contributed by atoms with E-state index in [1.165, 1.54) is 0 Å². The van der Waals surface area contributed by atoms with Gasteiger partial charge in [0, 0.05) is 17.1 Å². The zero-order valence-electron chi connectivity index (χ0n) is 14.2. The Bertz CT molecular complexity index is 778. The average molecular weight is 326 g/mol. The van der Waals surface area contributed by atoms with Gasteiger partial charge < -0.3 is 15.2 Å². The maximum absolute atomic E-state index is 12.3. The fourth-order valence-corrected chi connectivity index (χ4v) is 2.20. The lowest BCUT2D eigenvalue weighted by Gasteiger charge is -2.26. The van der Waals surface area contributed by atoms with E-state index in [4.69, 9.17) is 11.2 Å². The SMILES string of the molecule is C#Cc1cnc2ccc(OC(CC)C(=O)NC(C)(C)CO)cc2c1. The molecule has 1 aromatic heterocycles. The van der Waals surface area contributed by atoms with Gasteiger partial charge in [0.2, 0.25) is 0 Å². The summed E-state index contributed by atoms with van der Waals surface area (Å²) in [6, 6.07) is 7.27. The number of carbonyl (C=O) groups is 1. The van der Waals surface area contributed by atoms with Crippen molar-refractivity contribution in [1.82, 2.24) is 10.3 Å². The molecule has 2 rings (SSSR count). The molecule has 0 aliphatic heterocycles. The molecule has 0 bridgehead atoms. The second kappa shape index (κ2) is 7.33. The number of aromatic nitrogens is 1. The quantitative estimate of drug-likeness (QED) is 0.799. The zero-order valence-corrected chi connectivity index (χ0v) is 14.2. The van der Waals surface area contributed by atoms with Gasteiger partial charge in [-0.25, -0.2) is 0 Å². The van der Waals surface area contributed by atoms with Crippen molar-refractivity contribution < 1.29 is 14.6 Å². The highest BCUT2D eigenvalue weighted by molar-refractivity contribution is 5.83. The predicted molar refractivity (Wildman–Crippen MR) is 93.7 cm³/mol. The van der Waals surface area contributed by atoms with Gasteiger partial charge in [-0.05, 0) is 44.5 Å². The fraction of sp³-hybridized carbons (Fsp3) is 0.368. The van der Waals surface area contributed by atoms with Crippen molar-refractivity contribution in [3.05, 3.63) is 36.0 Å². The lowest BCUT2D eigenvalue weighted by Crippen LogP contribution is -2.51. The number of amides is 1. The number of carbonyl (C=O) groups excluding carboxylic acids is 1. The van der Waals surface area contributed by atoms with E-state index in [2.05, 4.69) is 16.2 Å². The van der Waals surface area contributed by atoms with Crippen molar-refractivity contribution in [2.75, 3.05) is 6.61 Å². The molecule has 2 N–H and O–H groups in total. The Morgan fingerprint density at radius 3 is 2.83 bits per heavy atom. The van der Waals surface area contributed by atoms with Crippen LogP contribution in [0.25, 0.3) is 10.9 Å². The lowest BCUT2D eigenvalue weighted by atomic mass is 10.1. The van der Waals surface area contributed by atoms with Crippen molar-refractivity contribution >= 4 is 16.8 Å². The summed E-state index contributed by atoms with van der Waals surface area (Å²) < 4.78 is 5.82. The number of terminal acetylenes is 1. The smallest absolute Gasteiger partial charge is 0.261 e. The van der Waals surface area contributed by atoms with Crippen LogP contribution in [0.15, 0.2) is 30.5 Å². The first kappa shape index (κ1) is 17.8. The summed E-state index contributed by atoms with van der Waals surface area (Å²) in [5, 5.41) is 12.9. The van der Waals surface area contributed by atoms with Crippen LogP contribution < -0.4 is 10.1 Å². The summed E-state index contributed by atoms with van der Waals surface area (Å²) in [4.78, 5) is 16.6. The molecule has 1 aromatic carbocycles. The van der Waals surface area contributed by atoms with Crippen LogP contribution in [0, 0.1) is 12.3 Å². The van der Waals surface area contributed by atoms with Crippen molar-refractivity contribution in [3.63, 3.8) is 0 Å². The van der Waals surface area contributed by atoms with E-state index in [9.17, 15) is 9.90 Å². The number of benzene rings is 1. The third kappa shape index (κ3) is 4.24. The second-order valence-corrected chi connectivity index (χ2v) is 6.27. The summed E-state index contributed by atoms with van der Waals surface area (Å²) >= 11 is 0. The molecule has 2 aromatic rings. The van der Waals surface area contributed by atoms with Crippen molar-refractivity contribution in [1.29, 1.82) is 0 Å². The number of ether oxygens (including phenoxy) is 1. The number of hydrogen-bond acceptors (Lipinski definition) is 4. The van der Waals surface area contributed by atoms with Crippen LogP contribution in [-0.2, 0) is 4.79 Å². The van der Waals surface area contributed by atoms with Crippen molar-refractivity contribution in [2.24, 2.45) is 0 Å². The van der Waals surface area contributed by atoms with Crippen molar-refractivity contribution in [2.45, 2.75) is 38.8 Å². The average Bonchev–Trinajstić information content (AvgIpc) is 2.58. The number of aliphatic hydroxyl groups is 1. The third-order valence-corrected chi connectivity index (χ3v) is 3.62. The largest absolute Gasteiger partial charge is 0.481 e. The number of pyridine rings is 1. The van der Waals surface area contributed by atoms with Crippen LogP contribution in [0.4, 0.5) is 0 Å². The van der Waals surface area contributed by atoms with Gasteiger partial charge in [-0.1, -0.05) is 12.8 Å². The second-order valence-electron chi connectivity index (χ2n) is 6.27. The Morgan fingerprint density at radius 1 is 1.46 bits per heavy atom. The Kier molecular flexibility index (Phi) is 5.42. The third-order valence-electron chi connectivity index (χ3n) is 3.62. The van der Waals surface area contributed by atoms with Crippen LogP contribution in [0.5, 0.6) is 5.75 Å². The summed E-state index contributed by atoms with van der Waals surface area (Å²) in [5.74, 6) is 2.86. The monoisotopic (exact) mass is 326 g/mol. The molecule has 24 heavy (non-hydrogen) atoms. The van der Waals surface area contributed by atoms with Crippen LogP contribution in [-0.4, -0.2) is 34.2 Å². The minimum absolute atomic E-state index is 0.147. The van der Waals surface area contributed by atoms with Gasteiger partial charge in [-0.15, -0.1) is 6.42 Å². The first-order chi connectivity index (χ1) is 11.4. The molecular formula is C19H22N2O3. The highest BCUT2D eigenvalue weighted by atomic mass is 16.5. The number of nitrogens with zero attached hydrogens (tertiary/aromatic N) is 1. The van der Waals surface area contributed by atoms with Gasteiger partial charge in [-0.2, -0.15) is 0 Å². The van der Waals surface area contributed by atoms with Gasteiger partial charge >= 0.3 is 0 Å². The number of rotatable bonds is 6. The number of aliphatic hydroxyl groups excluding tert-OH is 1. The fourth-order valence-electron chi connectivity index (χ4n) is 2.20. The summed E-state index contributed by atoms with van der Waals surface area (Å²) in [5.41, 5.74) is 0.803. The van der Waals surface area contributed by atoms with Gasteiger partial charge in [0.1, 0.15) is 5.75 Å². The highest BCUT2D eigenvalue weighted by Crippen LogP contribution is 2.22. The summed E-state index contributed by atoms with van der Waals surface area (Å²) in [6.07, 6.45) is 6.91. The molecule has 5 heteroatoms. The molecule has 0 aliphatic rings. The standard InChI is InChI=1S/C19H22N2O3/c1-5-13-9-14-10-15(7-8-16(14)20-11-13)24-17(6-2)18(23)21-19(3,4)12-22/h1,7-11,17,22H,6,12H2,2-4H3,(H,21,23). The van der Waals surface area contributed by atoms with Crippen LogP contribution >= 0.6 is 0 Å². The van der Waals surface area contributed by atoms with Crippen LogP contribution in [0.2, 0.25) is 0 Å². The molecule has 5 nitrogen and oxygen atoms in total. The molecule has 126 valence electrons. The molecule has 0 saturated carbocycles. The van der Waals surface area contributed by atoms with Gasteiger partial charge in [-0.3, -0.25) is 9.78 Å². The molecule has 1 amide bonds. The van der Waals surface area contributed by atoms with E-state index in [1.807, 2.05) is 25.1 Å². The Labute approximate surface area is 142 Å².